The summed E-state index contributed by atoms with van der Waals surface area (Å²) >= 11 is 8.83. The fourth-order valence-corrected chi connectivity index (χ4v) is 5.54. The molecule has 4 aromatic rings. The molecule has 2 aromatic heterocycles. The molecule has 4 rings (SSSR count). The van der Waals surface area contributed by atoms with Gasteiger partial charge in [-0.15, -0.1) is 21.5 Å². The van der Waals surface area contributed by atoms with Crippen molar-refractivity contribution in [2.75, 3.05) is 10.7 Å². The molecule has 10 heteroatoms. The predicted molar refractivity (Wildman–Crippen MR) is 136 cm³/mol. The number of benzene rings is 2. The summed E-state index contributed by atoms with van der Waals surface area (Å²) < 4.78 is 1.46. The van der Waals surface area contributed by atoms with E-state index in [1.54, 1.807) is 24.0 Å². The molecule has 0 fully saturated rings. The van der Waals surface area contributed by atoms with Gasteiger partial charge in [0.15, 0.2) is 11.0 Å². The molecule has 0 atom stereocenters. The van der Waals surface area contributed by atoms with E-state index in [4.69, 9.17) is 22.4 Å². The third kappa shape index (κ3) is 4.90. The number of amides is 1. The first kappa shape index (κ1) is 23.3. The molecule has 33 heavy (non-hydrogen) atoms. The first-order valence-corrected chi connectivity index (χ1v) is 12.4. The van der Waals surface area contributed by atoms with Gasteiger partial charge < -0.3 is 5.84 Å². The smallest absolute Gasteiger partial charge is 0.230 e. The number of aromatic nitrogens is 4. The van der Waals surface area contributed by atoms with Gasteiger partial charge in [0.2, 0.25) is 11.1 Å². The van der Waals surface area contributed by atoms with Gasteiger partial charge in [0.25, 0.3) is 0 Å². The van der Waals surface area contributed by atoms with Gasteiger partial charge in [-0.25, -0.2) is 9.66 Å². The van der Waals surface area contributed by atoms with E-state index in [2.05, 4.69) is 29.3 Å². The summed E-state index contributed by atoms with van der Waals surface area (Å²) in [7, 11) is 0. The number of hydrogen-bond acceptors (Lipinski definition) is 7. The fraction of sp³-hybridized carbons (Fsp3) is 0.217. The molecule has 0 aliphatic rings. The van der Waals surface area contributed by atoms with Gasteiger partial charge in [-0.05, 0) is 56.2 Å². The Kier molecular flexibility index (Phi) is 6.73. The highest BCUT2D eigenvalue weighted by Crippen LogP contribution is 2.35. The van der Waals surface area contributed by atoms with Crippen LogP contribution in [-0.2, 0) is 10.5 Å². The average molecular weight is 499 g/mol. The van der Waals surface area contributed by atoms with Crippen molar-refractivity contribution in [1.29, 1.82) is 0 Å². The molecule has 0 saturated heterocycles. The summed E-state index contributed by atoms with van der Waals surface area (Å²) in [6.45, 7) is 7.64. The van der Waals surface area contributed by atoms with Gasteiger partial charge in [-0.1, -0.05) is 41.1 Å². The quantitative estimate of drug-likeness (QED) is 0.272. The lowest BCUT2D eigenvalue weighted by Gasteiger charge is -2.23. The van der Waals surface area contributed by atoms with E-state index in [0.717, 1.165) is 33.6 Å². The number of nitrogen functional groups attached to an aromatic ring is 1. The zero-order chi connectivity index (χ0) is 23.7. The van der Waals surface area contributed by atoms with E-state index >= 15 is 0 Å². The molecule has 0 aliphatic heterocycles. The summed E-state index contributed by atoms with van der Waals surface area (Å²) in [4.78, 5) is 19.0. The van der Waals surface area contributed by atoms with E-state index in [1.807, 2.05) is 31.4 Å². The molecule has 0 radical (unpaired) electrons. The van der Waals surface area contributed by atoms with Crippen LogP contribution in [0.2, 0.25) is 5.02 Å². The van der Waals surface area contributed by atoms with Gasteiger partial charge in [0.05, 0.1) is 11.4 Å². The van der Waals surface area contributed by atoms with Gasteiger partial charge in [-0.2, -0.15) is 0 Å². The van der Waals surface area contributed by atoms with Crippen LogP contribution in [0.15, 0.2) is 46.9 Å². The first-order valence-electron chi connectivity index (χ1n) is 10.2. The molecule has 2 aromatic carbocycles. The molecule has 0 spiro atoms. The average Bonchev–Trinajstić information content (AvgIpc) is 3.36. The SMILES string of the molecule is CC(=O)N(c1nc(CSc2nnc(-c3ccc(Cl)cc3)n2N)cs1)c1c(C)cc(C)cc1C. The number of aryl methyl sites for hydroxylation is 3. The van der Waals surface area contributed by atoms with Gasteiger partial charge in [-0.3, -0.25) is 9.69 Å². The molecule has 0 saturated carbocycles. The highest BCUT2D eigenvalue weighted by Gasteiger charge is 2.22. The maximum absolute atomic E-state index is 12.6. The molecule has 2 heterocycles. The molecule has 1 amide bonds. The number of nitrogens with two attached hydrogens (primary N) is 1. The number of halogens is 1. The van der Waals surface area contributed by atoms with E-state index in [0.29, 0.717) is 26.9 Å². The Morgan fingerprint density at radius 3 is 2.45 bits per heavy atom. The Morgan fingerprint density at radius 2 is 1.82 bits per heavy atom. The van der Waals surface area contributed by atoms with Crippen LogP contribution >= 0.6 is 34.7 Å². The normalized spacial score (nSPS) is 11.1. The van der Waals surface area contributed by atoms with Crippen LogP contribution in [0.3, 0.4) is 0 Å². The minimum atomic E-state index is -0.0760. The lowest BCUT2D eigenvalue weighted by molar-refractivity contribution is -0.115. The van der Waals surface area contributed by atoms with Crippen molar-refractivity contribution in [1.82, 2.24) is 19.9 Å². The predicted octanol–water partition coefficient (Wildman–Crippen LogP) is 5.67. The summed E-state index contributed by atoms with van der Waals surface area (Å²) in [5.41, 5.74) is 5.80. The maximum atomic E-state index is 12.6. The van der Waals surface area contributed by atoms with E-state index in [1.165, 1.54) is 27.8 Å². The molecule has 170 valence electrons. The third-order valence-corrected chi connectivity index (χ3v) is 7.12. The summed E-state index contributed by atoms with van der Waals surface area (Å²) in [5, 5.41) is 12.2. The Balaban J connectivity index is 1.53. The fourth-order valence-electron chi connectivity index (χ4n) is 3.69. The minimum absolute atomic E-state index is 0.0760. The van der Waals surface area contributed by atoms with Crippen molar-refractivity contribution in [3.05, 3.63) is 69.2 Å². The van der Waals surface area contributed by atoms with Crippen LogP contribution in [0.1, 0.15) is 29.3 Å². The molecular weight excluding hydrogens is 476 g/mol. The Hall–Kier alpha value is -2.88. The van der Waals surface area contributed by atoms with Gasteiger partial charge in [0, 0.05) is 28.6 Å². The number of carbonyl (C=O) groups is 1. The zero-order valence-electron chi connectivity index (χ0n) is 18.7. The first-order chi connectivity index (χ1) is 15.7. The summed E-state index contributed by atoms with van der Waals surface area (Å²) in [6, 6.07) is 11.4. The maximum Gasteiger partial charge on any atom is 0.230 e. The summed E-state index contributed by atoms with van der Waals surface area (Å²) in [6.07, 6.45) is 0. The van der Waals surface area contributed by atoms with Crippen LogP contribution in [-0.4, -0.2) is 25.8 Å². The standard InChI is InChI=1S/C23H23ClN6OS2/c1-13-9-14(2)20(15(3)10-13)29(16(4)31)22-26-19(11-32-22)12-33-23-28-27-21(30(23)25)17-5-7-18(24)8-6-17/h5-11H,12,25H2,1-4H3. The zero-order valence-corrected chi connectivity index (χ0v) is 21.1. The number of rotatable bonds is 6. The number of anilines is 2. The number of thiazole rings is 1. The Morgan fingerprint density at radius 1 is 1.15 bits per heavy atom. The van der Waals surface area contributed by atoms with Crippen molar-refractivity contribution < 1.29 is 4.79 Å². The van der Waals surface area contributed by atoms with E-state index < -0.39 is 0 Å². The number of hydrogen-bond donors (Lipinski definition) is 1. The number of nitrogens with zero attached hydrogens (tertiary/aromatic N) is 5. The number of thioether (sulfide) groups is 1. The van der Waals surface area contributed by atoms with Crippen LogP contribution in [0.5, 0.6) is 0 Å². The molecule has 0 aliphatic carbocycles. The van der Waals surface area contributed by atoms with Crippen molar-refractivity contribution in [3.63, 3.8) is 0 Å². The molecule has 0 unspecified atom stereocenters. The van der Waals surface area contributed by atoms with E-state index in [9.17, 15) is 4.79 Å². The Labute approximate surface area is 205 Å². The number of carbonyl (C=O) groups excluding carboxylic acids is 1. The Bertz CT molecular complexity index is 1290. The highest BCUT2D eigenvalue weighted by atomic mass is 35.5. The second-order valence-electron chi connectivity index (χ2n) is 7.69. The largest absolute Gasteiger partial charge is 0.335 e. The van der Waals surface area contributed by atoms with Crippen molar-refractivity contribution >= 4 is 51.4 Å². The minimum Gasteiger partial charge on any atom is -0.335 e. The molecule has 7 nitrogen and oxygen atoms in total. The van der Waals surface area contributed by atoms with Crippen LogP contribution in [0, 0.1) is 20.8 Å². The van der Waals surface area contributed by atoms with Crippen molar-refractivity contribution in [3.8, 4) is 11.4 Å². The second-order valence-corrected chi connectivity index (χ2v) is 9.91. The van der Waals surface area contributed by atoms with Gasteiger partial charge in [0.1, 0.15) is 0 Å². The highest BCUT2D eigenvalue weighted by molar-refractivity contribution is 7.98. The van der Waals surface area contributed by atoms with Gasteiger partial charge >= 0.3 is 0 Å². The third-order valence-electron chi connectivity index (χ3n) is 5.02. The lowest BCUT2D eigenvalue weighted by atomic mass is 10.0. The lowest BCUT2D eigenvalue weighted by Crippen LogP contribution is -2.24. The van der Waals surface area contributed by atoms with E-state index in [-0.39, 0.29) is 5.91 Å². The van der Waals surface area contributed by atoms with Crippen LogP contribution in [0.4, 0.5) is 10.8 Å². The monoisotopic (exact) mass is 498 g/mol. The molecule has 0 bridgehead atoms. The summed E-state index contributed by atoms with van der Waals surface area (Å²) in [5.74, 6) is 7.25. The van der Waals surface area contributed by atoms with Crippen molar-refractivity contribution in [2.45, 2.75) is 38.6 Å². The second kappa shape index (κ2) is 9.54. The van der Waals surface area contributed by atoms with Crippen LogP contribution in [0.25, 0.3) is 11.4 Å². The topological polar surface area (TPSA) is 89.9 Å². The molecular formula is C23H23ClN6OS2. The van der Waals surface area contributed by atoms with Crippen molar-refractivity contribution in [2.24, 2.45) is 0 Å². The van der Waals surface area contributed by atoms with Crippen LogP contribution < -0.4 is 10.7 Å². The molecule has 2 N–H and O–H groups in total.